The van der Waals surface area contributed by atoms with E-state index in [2.05, 4.69) is 0 Å². The molecule has 0 rings (SSSR count). The van der Waals surface area contributed by atoms with Gasteiger partial charge in [-0.15, -0.1) is 0 Å². The van der Waals surface area contributed by atoms with Crippen LogP contribution in [0.2, 0.25) is 0 Å². The zero-order valence-corrected chi connectivity index (χ0v) is 4.38. The molecule has 3 N–H and O–H groups in total. The lowest BCUT2D eigenvalue weighted by Gasteiger charge is -2.15. The van der Waals surface area contributed by atoms with Gasteiger partial charge < -0.3 is 10.2 Å². The monoisotopic (exact) mass is 115 g/mol. The van der Waals surface area contributed by atoms with Gasteiger partial charge in [-0.1, -0.05) is 0 Å². The molecule has 0 aliphatic heterocycles. The van der Waals surface area contributed by atoms with Crippen LogP contribution in [0.4, 0.5) is 0 Å². The Hall–Kier alpha value is -0.545. The van der Waals surface area contributed by atoms with E-state index in [1.807, 2.05) is 5.32 Å². The predicted octanol–water partition coefficient (Wildman–Crippen LogP) is -1.89. The van der Waals surface area contributed by atoms with Gasteiger partial charge in [-0.25, -0.2) is 4.79 Å². The van der Waals surface area contributed by atoms with Crippen molar-refractivity contribution in [3.8, 4) is 0 Å². The summed E-state index contributed by atoms with van der Waals surface area (Å²) in [5.74, 6) is -1.50. The maximum Gasteiger partial charge on any atom is 0.340 e. The van der Waals surface area contributed by atoms with E-state index in [4.69, 9.17) is 18.1 Å². The van der Waals surface area contributed by atoms with E-state index in [0.717, 1.165) is 0 Å². The van der Waals surface area contributed by atoms with Crippen LogP contribution in [0.1, 0.15) is 0 Å². The van der Waals surface area contributed by atoms with Gasteiger partial charge in [0.05, 0.1) is 0 Å². The van der Waals surface area contributed by atoms with E-state index in [0.29, 0.717) is 0 Å². The summed E-state index contributed by atoms with van der Waals surface area (Å²) in [6.07, 6.45) is 0. The van der Waals surface area contributed by atoms with E-state index in [-0.39, 0.29) is 0 Å². The van der Waals surface area contributed by atoms with Crippen LogP contribution >= 0.6 is 0 Å². The number of likely N-dealkylation sites (N-methyl/N-ethyl adjacent to an activating group) is 1. The molecule has 1 unspecified atom stereocenters. The molecule has 0 amide bonds. The van der Waals surface area contributed by atoms with Crippen LogP contribution in [0.25, 0.3) is 0 Å². The molecule has 0 saturated heterocycles. The third kappa shape index (κ3) is 1.51. The molecule has 0 aliphatic carbocycles. The zero-order chi connectivity index (χ0) is 6.78. The Kier molecular flexibility index (Phi) is 2.00. The summed E-state index contributed by atoms with van der Waals surface area (Å²) >= 11 is 0. The number of hydrogen-bond acceptors (Lipinski definition) is 3. The van der Waals surface area contributed by atoms with Crippen LogP contribution in [-0.4, -0.2) is 36.7 Å². The normalized spacial score (nSPS) is 17.2. The SMILES string of the molecule is [B]C(O)(NC)C(=O)O. The standard InChI is InChI=1S/C3H6BNO3/c1-5-3(4,8)2(6)7/h5,8H,1H3,(H,6,7). The number of carboxylic acids is 1. The first-order valence-electron chi connectivity index (χ1n) is 1.94. The minimum atomic E-state index is -2.29. The van der Waals surface area contributed by atoms with Gasteiger partial charge in [0.15, 0.2) is 13.5 Å². The minimum Gasteiger partial charge on any atom is -0.479 e. The molecule has 44 valence electrons. The molecule has 0 aliphatic rings. The molecule has 0 heterocycles. The van der Waals surface area contributed by atoms with Gasteiger partial charge in [-0.05, 0) is 7.05 Å². The molecule has 0 aromatic heterocycles. The van der Waals surface area contributed by atoms with Crippen LogP contribution < -0.4 is 5.32 Å². The van der Waals surface area contributed by atoms with E-state index >= 15 is 0 Å². The smallest absolute Gasteiger partial charge is 0.340 e. The molecule has 0 aromatic carbocycles. The van der Waals surface area contributed by atoms with Crippen molar-refractivity contribution in [3.63, 3.8) is 0 Å². The molecule has 0 saturated carbocycles. The Labute approximate surface area is 47.9 Å². The number of nitrogens with one attached hydrogen (secondary N) is 1. The maximum atomic E-state index is 9.81. The van der Waals surface area contributed by atoms with Gasteiger partial charge in [0.25, 0.3) is 0 Å². The lowest BCUT2D eigenvalue weighted by Crippen LogP contribution is -2.50. The van der Waals surface area contributed by atoms with E-state index in [1.54, 1.807) is 0 Å². The van der Waals surface area contributed by atoms with Crippen molar-refractivity contribution in [3.05, 3.63) is 0 Å². The second-order valence-electron chi connectivity index (χ2n) is 1.32. The minimum absolute atomic E-state index is 1.24. The van der Waals surface area contributed by atoms with E-state index < -0.39 is 11.6 Å². The Balaban J connectivity index is 3.91. The first-order valence-corrected chi connectivity index (χ1v) is 1.94. The second-order valence-corrected chi connectivity index (χ2v) is 1.32. The van der Waals surface area contributed by atoms with Crippen molar-refractivity contribution in [2.45, 2.75) is 5.62 Å². The number of aliphatic hydroxyl groups is 1. The van der Waals surface area contributed by atoms with Crippen LogP contribution in [0.3, 0.4) is 0 Å². The number of carbonyl (C=O) groups is 1. The topological polar surface area (TPSA) is 69.6 Å². The quantitative estimate of drug-likeness (QED) is 0.290. The summed E-state index contributed by atoms with van der Waals surface area (Å²) in [6, 6.07) is 0. The Morgan fingerprint density at radius 1 is 1.88 bits per heavy atom. The Morgan fingerprint density at radius 3 is 2.25 bits per heavy atom. The molecule has 0 aromatic rings. The lowest BCUT2D eigenvalue weighted by atomic mass is 9.92. The lowest BCUT2D eigenvalue weighted by molar-refractivity contribution is -0.152. The summed E-state index contributed by atoms with van der Waals surface area (Å²) in [5.41, 5.74) is -2.29. The van der Waals surface area contributed by atoms with E-state index in [1.165, 1.54) is 7.05 Å². The molecule has 0 spiro atoms. The molecule has 5 heteroatoms. The fourth-order valence-electron chi connectivity index (χ4n) is 0.107. The highest BCUT2D eigenvalue weighted by Gasteiger charge is 2.25. The van der Waals surface area contributed by atoms with Crippen LogP contribution in [-0.2, 0) is 4.79 Å². The molecule has 8 heavy (non-hydrogen) atoms. The van der Waals surface area contributed by atoms with Gasteiger partial charge in [0.1, 0.15) is 0 Å². The Morgan fingerprint density at radius 2 is 2.25 bits per heavy atom. The highest BCUT2D eigenvalue weighted by molar-refractivity contribution is 6.25. The fourth-order valence-corrected chi connectivity index (χ4v) is 0.107. The summed E-state index contributed by atoms with van der Waals surface area (Å²) in [5, 5.41) is 18.4. The maximum absolute atomic E-state index is 9.81. The van der Waals surface area contributed by atoms with Crippen molar-refractivity contribution in [1.82, 2.24) is 5.32 Å². The van der Waals surface area contributed by atoms with Gasteiger partial charge in [-0.3, -0.25) is 5.32 Å². The summed E-state index contributed by atoms with van der Waals surface area (Å²) in [6.45, 7) is 0. The van der Waals surface area contributed by atoms with Crippen molar-refractivity contribution in [2.75, 3.05) is 7.05 Å². The van der Waals surface area contributed by atoms with Gasteiger partial charge in [0.2, 0.25) is 0 Å². The zero-order valence-electron chi connectivity index (χ0n) is 4.38. The highest BCUT2D eigenvalue weighted by atomic mass is 16.4. The molecule has 0 bridgehead atoms. The first kappa shape index (κ1) is 7.45. The molecule has 2 radical (unpaired) electrons. The van der Waals surface area contributed by atoms with Crippen LogP contribution in [0, 0.1) is 0 Å². The molecular weight excluding hydrogens is 109 g/mol. The first-order chi connectivity index (χ1) is 3.50. The number of hydrogen-bond donors (Lipinski definition) is 3. The summed E-state index contributed by atoms with van der Waals surface area (Å²) < 4.78 is 0. The fraction of sp³-hybridized carbons (Fsp3) is 0.667. The third-order valence-corrected chi connectivity index (χ3v) is 0.707. The summed E-state index contributed by atoms with van der Waals surface area (Å²) in [4.78, 5) is 9.81. The van der Waals surface area contributed by atoms with E-state index in [9.17, 15) is 4.79 Å². The van der Waals surface area contributed by atoms with Crippen molar-refractivity contribution in [1.29, 1.82) is 0 Å². The van der Waals surface area contributed by atoms with Crippen molar-refractivity contribution < 1.29 is 15.0 Å². The van der Waals surface area contributed by atoms with Gasteiger partial charge in [-0.2, -0.15) is 0 Å². The molecule has 0 fully saturated rings. The number of carboxylic acid groups (broad SMARTS) is 1. The largest absolute Gasteiger partial charge is 0.479 e. The number of rotatable bonds is 2. The van der Waals surface area contributed by atoms with Crippen LogP contribution in [0.15, 0.2) is 0 Å². The van der Waals surface area contributed by atoms with Crippen molar-refractivity contribution >= 4 is 13.8 Å². The molecular formula is C3H6BNO3. The average Bonchev–Trinajstić information content (AvgIpc) is 1.67. The van der Waals surface area contributed by atoms with Crippen LogP contribution in [0.5, 0.6) is 0 Å². The third-order valence-electron chi connectivity index (χ3n) is 0.707. The molecule has 1 atom stereocenters. The van der Waals surface area contributed by atoms with Crippen molar-refractivity contribution in [2.24, 2.45) is 0 Å². The second kappa shape index (κ2) is 2.15. The van der Waals surface area contributed by atoms with Gasteiger partial charge in [0, 0.05) is 0 Å². The average molecular weight is 115 g/mol. The highest BCUT2D eigenvalue weighted by Crippen LogP contribution is 1.88. The predicted molar refractivity (Wildman–Crippen MR) is 27.4 cm³/mol. The summed E-state index contributed by atoms with van der Waals surface area (Å²) in [7, 11) is 5.95. The van der Waals surface area contributed by atoms with Gasteiger partial charge >= 0.3 is 5.97 Å². The Bertz CT molecular complexity index is 103. The number of aliphatic carboxylic acids is 1. The molecule has 4 nitrogen and oxygen atoms in total.